The summed E-state index contributed by atoms with van der Waals surface area (Å²) in [6.07, 6.45) is 3.44. The minimum Gasteiger partial charge on any atom is -0.373 e. The van der Waals surface area contributed by atoms with Crippen molar-refractivity contribution in [3.63, 3.8) is 0 Å². The Hall–Kier alpha value is -1.12. The van der Waals surface area contributed by atoms with E-state index in [0.717, 1.165) is 24.5 Å². The maximum atomic E-state index is 4.68. The molecule has 0 saturated carbocycles. The lowest BCUT2D eigenvalue weighted by atomic mass is 9.95. The van der Waals surface area contributed by atoms with Crippen LogP contribution in [-0.4, -0.2) is 17.0 Å². The van der Waals surface area contributed by atoms with Gasteiger partial charge in [0.15, 0.2) is 0 Å². The molecule has 0 unspecified atom stereocenters. The number of aromatic nitrogens is 2. The van der Waals surface area contributed by atoms with Crippen LogP contribution in [0.5, 0.6) is 0 Å². The van der Waals surface area contributed by atoms with Crippen molar-refractivity contribution in [3.05, 3.63) is 17.1 Å². The first kappa shape index (κ1) is 10.4. The maximum absolute atomic E-state index is 4.68. The van der Waals surface area contributed by atoms with Gasteiger partial charge < -0.3 is 5.32 Å². The highest BCUT2D eigenvalue weighted by Gasteiger charge is 2.24. The molecular formula is C12H19N3. The highest BCUT2D eigenvalue weighted by molar-refractivity contribution is 5.48. The van der Waals surface area contributed by atoms with Crippen LogP contribution in [0.15, 0.2) is 0 Å². The molecule has 0 fully saturated rings. The van der Waals surface area contributed by atoms with E-state index in [1.165, 1.54) is 17.7 Å². The summed E-state index contributed by atoms with van der Waals surface area (Å²) in [7, 11) is 1.94. The minimum atomic E-state index is 0.0310. The molecule has 0 saturated heterocycles. The molecule has 0 amide bonds. The van der Waals surface area contributed by atoms with Crippen molar-refractivity contribution in [2.75, 3.05) is 12.4 Å². The SMILES string of the molecule is CNc1nc(C(C)(C)C)nc2c1CCC2. The van der Waals surface area contributed by atoms with E-state index in [-0.39, 0.29) is 5.41 Å². The van der Waals surface area contributed by atoms with Crippen LogP contribution < -0.4 is 5.32 Å². The molecule has 0 spiro atoms. The minimum absolute atomic E-state index is 0.0310. The van der Waals surface area contributed by atoms with Crippen molar-refractivity contribution in [3.8, 4) is 0 Å². The molecule has 1 aromatic heterocycles. The van der Waals surface area contributed by atoms with Gasteiger partial charge in [0.2, 0.25) is 0 Å². The van der Waals surface area contributed by atoms with Crippen LogP contribution >= 0.6 is 0 Å². The lowest BCUT2D eigenvalue weighted by molar-refractivity contribution is 0.543. The van der Waals surface area contributed by atoms with Crippen LogP contribution in [0, 0.1) is 0 Å². The molecule has 1 aromatic rings. The summed E-state index contributed by atoms with van der Waals surface area (Å²) >= 11 is 0. The van der Waals surface area contributed by atoms with Crippen molar-refractivity contribution in [2.24, 2.45) is 0 Å². The van der Waals surface area contributed by atoms with Gasteiger partial charge in [-0.1, -0.05) is 20.8 Å². The number of hydrogen-bond donors (Lipinski definition) is 1. The van der Waals surface area contributed by atoms with E-state index >= 15 is 0 Å². The number of aryl methyl sites for hydroxylation is 1. The largest absolute Gasteiger partial charge is 0.373 e. The number of rotatable bonds is 1. The molecule has 2 rings (SSSR count). The van der Waals surface area contributed by atoms with Gasteiger partial charge in [-0.15, -0.1) is 0 Å². The first-order valence-corrected chi connectivity index (χ1v) is 5.60. The molecule has 0 radical (unpaired) electrons. The van der Waals surface area contributed by atoms with Crippen molar-refractivity contribution in [1.82, 2.24) is 9.97 Å². The Labute approximate surface area is 91.3 Å². The third-order valence-electron chi connectivity index (χ3n) is 2.84. The van der Waals surface area contributed by atoms with Crippen LogP contribution in [-0.2, 0) is 18.3 Å². The summed E-state index contributed by atoms with van der Waals surface area (Å²) in [4.78, 5) is 9.29. The average Bonchev–Trinajstić information content (AvgIpc) is 2.62. The number of hydrogen-bond acceptors (Lipinski definition) is 3. The molecule has 1 heterocycles. The van der Waals surface area contributed by atoms with Gasteiger partial charge in [-0.25, -0.2) is 9.97 Å². The Bertz CT molecular complexity index is 377. The van der Waals surface area contributed by atoms with Crippen LogP contribution in [0.1, 0.15) is 44.3 Å². The van der Waals surface area contributed by atoms with E-state index in [2.05, 4.69) is 36.1 Å². The second kappa shape index (κ2) is 3.47. The number of fused-ring (bicyclic) bond motifs is 1. The summed E-state index contributed by atoms with van der Waals surface area (Å²) in [5, 5.41) is 3.19. The predicted molar refractivity (Wildman–Crippen MR) is 62.3 cm³/mol. The molecule has 1 N–H and O–H groups in total. The fourth-order valence-electron chi connectivity index (χ4n) is 1.97. The third-order valence-corrected chi connectivity index (χ3v) is 2.84. The van der Waals surface area contributed by atoms with Gasteiger partial charge in [-0.2, -0.15) is 0 Å². The van der Waals surface area contributed by atoms with E-state index < -0.39 is 0 Å². The molecule has 1 aliphatic rings. The topological polar surface area (TPSA) is 37.8 Å². The highest BCUT2D eigenvalue weighted by atomic mass is 15.0. The summed E-state index contributed by atoms with van der Waals surface area (Å²) in [6, 6.07) is 0. The quantitative estimate of drug-likeness (QED) is 0.764. The molecule has 15 heavy (non-hydrogen) atoms. The third kappa shape index (κ3) is 1.83. The van der Waals surface area contributed by atoms with E-state index in [4.69, 9.17) is 0 Å². The fraction of sp³-hybridized carbons (Fsp3) is 0.667. The molecule has 82 valence electrons. The van der Waals surface area contributed by atoms with Crippen LogP contribution in [0.25, 0.3) is 0 Å². The number of anilines is 1. The van der Waals surface area contributed by atoms with Gasteiger partial charge in [0.05, 0.1) is 0 Å². The van der Waals surface area contributed by atoms with Crippen LogP contribution in [0.4, 0.5) is 5.82 Å². The summed E-state index contributed by atoms with van der Waals surface area (Å²) in [5.74, 6) is 1.98. The van der Waals surface area contributed by atoms with Gasteiger partial charge in [0.25, 0.3) is 0 Å². The first-order chi connectivity index (χ1) is 7.02. The number of nitrogens with one attached hydrogen (secondary N) is 1. The summed E-state index contributed by atoms with van der Waals surface area (Å²) in [6.45, 7) is 6.47. The van der Waals surface area contributed by atoms with Crippen molar-refractivity contribution >= 4 is 5.82 Å². The zero-order valence-corrected chi connectivity index (χ0v) is 10.0. The Kier molecular flexibility index (Phi) is 2.41. The second-order valence-electron chi connectivity index (χ2n) is 5.17. The molecule has 0 aliphatic heterocycles. The van der Waals surface area contributed by atoms with Gasteiger partial charge >= 0.3 is 0 Å². The highest BCUT2D eigenvalue weighted by Crippen LogP contribution is 2.29. The molecular weight excluding hydrogens is 186 g/mol. The lowest BCUT2D eigenvalue weighted by Crippen LogP contribution is -2.18. The zero-order chi connectivity index (χ0) is 11.1. The normalized spacial score (nSPS) is 15.2. The Balaban J connectivity index is 2.53. The smallest absolute Gasteiger partial charge is 0.136 e. The summed E-state index contributed by atoms with van der Waals surface area (Å²) < 4.78 is 0. The second-order valence-corrected chi connectivity index (χ2v) is 5.17. The van der Waals surface area contributed by atoms with Crippen LogP contribution in [0.2, 0.25) is 0 Å². The monoisotopic (exact) mass is 205 g/mol. The van der Waals surface area contributed by atoms with Gasteiger partial charge in [-0.3, -0.25) is 0 Å². The van der Waals surface area contributed by atoms with Crippen LogP contribution in [0.3, 0.4) is 0 Å². The molecule has 0 aromatic carbocycles. The van der Waals surface area contributed by atoms with Gasteiger partial charge in [-0.05, 0) is 19.3 Å². The molecule has 3 nitrogen and oxygen atoms in total. The van der Waals surface area contributed by atoms with E-state index in [9.17, 15) is 0 Å². The average molecular weight is 205 g/mol. The zero-order valence-electron chi connectivity index (χ0n) is 10.0. The van der Waals surface area contributed by atoms with Gasteiger partial charge in [0, 0.05) is 23.7 Å². The van der Waals surface area contributed by atoms with Crippen molar-refractivity contribution in [2.45, 2.75) is 45.4 Å². The predicted octanol–water partition coefficient (Wildman–Crippen LogP) is 2.30. The summed E-state index contributed by atoms with van der Waals surface area (Å²) in [5.41, 5.74) is 2.60. The Morgan fingerprint density at radius 1 is 1.13 bits per heavy atom. The van der Waals surface area contributed by atoms with E-state index in [1.54, 1.807) is 0 Å². The van der Waals surface area contributed by atoms with Crippen molar-refractivity contribution < 1.29 is 0 Å². The molecule has 1 aliphatic carbocycles. The maximum Gasteiger partial charge on any atom is 0.136 e. The first-order valence-electron chi connectivity index (χ1n) is 5.60. The lowest BCUT2D eigenvalue weighted by Gasteiger charge is -2.19. The van der Waals surface area contributed by atoms with E-state index in [1.807, 2.05) is 7.05 Å². The van der Waals surface area contributed by atoms with Crippen molar-refractivity contribution in [1.29, 1.82) is 0 Å². The molecule has 0 bridgehead atoms. The van der Waals surface area contributed by atoms with E-state index in [0.29, 0.717) is 0 Å². The standard InChI is InChI=1S/C12H19N3/c1-12(2,3)11-14-9-7-5-6-8(9)10(13-4)15-11/h5-7H2,1-4H3,(H,13,14,15). The van der Waals surface area contributed by atoms with Gasteiger partial charge in [0.1, 0.15) is 11.6 Å². The number of nitrogens with zero attached hydrogens (tertiary/aromatic N) is 2. The molecule has 3 heteroatoms. The fourth-order valence-corrected chi connectivity index (χ4v) is 1.97. The Morgan fingerprint density at radius 3 is 2.47 bits per heavy atom. The molecule has 0 atom stereocenters. The Morgan fingerprint density at radius 2 is 1.87 bits per heavy atom.